The van der Waals surface area contributed by atoms with Gasteiger partial charge in [0, 0.05) is 24.6 Å². The predicted octanol–water partition coefficient (Wildman–Crippen LogP) is 2.24. The highest BCUT2D eigenvalue weighted by atomic mass is 16.5. The predicted molar refractivity (Wildman–Crippen MR) is 67.0 cm³/mol. The molecule has 0 N–H and O–H groups in total. The van der Waals surface area contributed by atoms with Crippen LogP contribution in [-0.2, 0) is 17.8 Å². The molecule has 1 aromatic carbocycles. The maximum Gasteiger partial charge on any atom is 0.225 e. The van der Waals surface area contributed by atoms with Crippen LogP contribution in [0.25, 0.3) is 0 Å². The van der Waals surface area contributed by atoms with Crippen LogP contribution < -0.4 is 4.74 Å². The standard InChI is InChI=1S/C14H19NO2/c1-10(2)14(16)15-8-7-11-5-4-6-13(17-3)12(11)9-15/h4-6,10H,7-9H2,1-3H3. The Kier molecular flexibility index (Phi) is 3.36. The number of carbonyl (C=O) groups excluding carboxylic acids is 1. The van der Waals surface area contributed by atoms with Gasteiger partial charge in [-0.25, -0.2) is 0 Å². The second-order valence-electron chi connectivity index (χ2n) is 4.76. The maximum absolute atomic E-state index is 12.0. The molecule has 1 aromatic rings. The van der Waals surface area contributed by atoms with Gasteiger partial charge in [0.25, 0.3) is 0 Å². The SMILES string of the molecule is COc1cccc2c1CN(C(=O)C(C)C)CC2. The highest BCUT2D eigenvalue weighted by Crippen LogP contribution is 2.28. The number of hydrogen-bond donors (Lipinski definition) is 0. The van der Waals surface area contributed by atoms with Crippen LogP contribution in [0.15, 0.2) is 18.2 Å². The molecule has 0 saturated carbocycles. The second kappa shape index (κ2) is 4.78. The van der Waals surface area contributed by atoms with Crippen molar-refractivity contribution in [3.05, 3.63) is 29.3 Å². The van der Waals surface area contributed by atoms with Gasteiger partial charge in [-0.2, -0.15) is 0 Å². The summed E-state index contributed by atoms with van der Waals surface area (Å²) in [4.78, 5) is 13.9. The van der Waals surface area contributed by atoms with Crippen molar-refractivity contribution in [3.63, 3.8) is 0 Å². The van der Waals surface area contributed by atoms with Crippen molar-refractivity contribution in [1.29, 1.82) is 0 Å². The van der Waals surface area contributed by atoms with Crippen molar-refractivity contribution in [2.75, 3.05) is 13.7 Å². The minimum absolute atomic E-state index is 0.0613. The number of nitrogens with zero attached hydrogens (tertiary/aromatic N) is 1. The third kappa shape index (κ3) is 2.28. The highest BCUT2D eigenvalue weighted by molar-refractivity contribution is 5.78. The lowest BCUT2D eigenvalue weighted by Gasteiger charge is -2.31. The first-order valence-corrected chi connectivity index (χ1v) is 6.07. The van der Waals surface area contributed by atoms with Gasteiger partial charge in [0.05, 0.1) is 7.11 Å². The average Bonchev–Trinajstić information content (AvgIpc) is 2.36. The molecule has 0 unspecified atom stereocenters. The third-order valence-electron chi connectivity index (χ3n) is 3.26. The van der Waals surface area contributed by atoms with E-state index in [0.717, 1.165) is 24.3 Å². The van der Waals surface area contributed by atoms with Gasteiger partial charge < -0.3 is 9.64 Å². The van der Waals surface area contributed by atoms with Crippen LogP contribution in [0.3, 0.4) is 0 Å². The Morgan fingerprint density at radius 2 is 2.18 bits per heavy atom. The molecule has 2 rings (SSSR count). The summed E-state index contributed by atoms with van der Waals surface area (Å²) in [7, 11) is 1.68. The van der Waals surface area contributed by atoms with Crippen molar-refractivity contribution < 1.29 is 9.53 Å². The molecule has 1 aliphatic rings. The van der Waals surface area contributed by atoms with E-state index < -0.39 is 0 Å². The molecule has 3 heteroatoms. The number of amides is 1. The first-order chi connectivity index (χ1) is 8.13. The number of carbonyl (C=O) groups is 1. The van der Waals surface area contributed by atoms with Crippen LogP contribution >= 0.6 is 0 Å². The number of fused-ring (bicyclic) bond motifs is 1. The Labute approximate surface area is 102 Å². The van der Waals surface area contributed by atoms with E-state index in [4.69, 9.17) is 4.74 Å². The number of ether oxygens (including phenoxy) is 1. The van der Waals surface area contributed by atoms with Crippen LogP contribution in [0.4, 0.5) is 0 Å². The molecule has 1 aliphatic heterocycles. The first-order valence-electron chi connectivity index (χ1n) is 6.07. The first kappa shape index (κ1) is 12.0. The van der Waals surface area contributed by atoms with E-state index in [-0.39, 0.29) is 11.8 Å². The zero-order valence-electron chi connectivity index (χ0n) is 10.7. The van der Waals surface area contributed by atoms with Gasteiger partial charge in [-0.3, -0.25) is 4.79 Å². The summed E-state index contributed by atoms with van der Waals surface area (Å²) in [6.45, 7) is 5.38. The van der Waals surface area contributed by atoms with Gasteiger partial charge in [0.15, 0.2) is 0 Å². The van der Waals surface area contributed by atoms with Gasteiger partial charge in [0.1, 0.15) is 5.75 Å². The van der Waals surface area contributed by atoms with E-state index in [0.29, 0.717) is 6.54 Å². The van der Waals surface area contributed by atoms with E-state index in [9.17, 15) is 4.79 Å². The maximum atomic E-state index is 12.0. The average molecular weight is 233 g/mol. The fraction of sp³-hybridized carbons (Fsp3) is 0.500. The number of methoxy groups -OCH3 is 1. The van der Waals surface area contributed by atoms with E-state index >= 15 is 0 Å². The lowest BCUT2D eigenvalue weighted by atomic mass is 9.98. The smallest absolute Gasteiger partial charge is 0.225 e. The molecular formula is C14H19NO2. The van der Waals surface area contributed by atoms with Crippen LogP contribution in [-0.4, -0.2) is 24.5 Å². The molecule has 17 heavy (non-hydrogen) atoms. The van der Waals surface area contributed by atoms with Crippen molar-refractivity contribution in [3.8, 4) is 5.75 Å². The summed E-state index contributed by atoms with van der Waals surface area (Å²) in [5, 5.41) is 0. The Morgan fingerprint density at radius 3 is 2.82 bits per heavy atom. The number of rotatable bonds is 2. The van der Waals surface area contributed by atoms with E-state index in [1.54, 1.807) is 7.11 Å². The molecule has 0 atom stereocenters. The van der Waals surface area contributed by atoms with E-state index in [1.807, 2.05) is 30.9 Å². The monoisotopic (exact) mass is 233 g/mol. The highest BCUT2D eigenvalue weighted by Gasteiger charge is 2.24. The van der Waals surface area contributed by atoms with Crippen molar-refractivity contribution in [1.82, 2.24) is 4.90 Å². The molecule has 92 valence electrons. The normalized spacial score (nSPS) is 14.7. The van der Waals surface area contributed by atoms with E-state index in [1.165, 1.54) is 5.56 Å². The van der Waals surface area contributed by atoms with Crippen LogP contribution in [0, 0.1) is 5.92 Å². The number of hydrogen-bond acceptors (Lipinski definition) is 2. The molecule has 0 aromatic heterocycles. The summed E-state index contributed by atoms with van der Waals surface area (Å²) in [6.07, 6.45) is 0.922. The largest absolute Gasteiger partial charge is 0.496 e. The minimum atomic E-state index is 0.0613. The van der Waals surface area contributed by atoms with Gasteiger partial charge in [-0.1, -0.05) is 26.0 Å². The Bertz CT molecular complexity index is 412. The second-order valence-corrected chi connectivity index (χ2v) is 4.76. The van der Waals surface area contributed by atoms with Crippen LogP contribution in [0.5, 0.6) is 5.75 Å². The van der Waals surface area contributed by atoms with Crippen molar-refractivity contribution in [2.24, 2.45) is 5.92 Å². The molecule has 0 radical (unpaired) electrons. The third-order valence-corrected chi connectivity index (χ3v) is 3.26. The molecule has 3 nitrogen and oxygen atoms in total. The number of benzene rings is 1. The van der Waals surface area contributed by atoms with Gasteiger partial charge in [-0.05, 0) is 18.1 Å². The molecule has 0 spiro atoms. The summed E-state index contributed by atoms with van der Waals surface area (Å²) >= 11 is 0. The summed E-state index contributed by atoms with van der Waals surface area (Å²) in [5.74, 6) is 1.18. The van der Waals surface area contributed by atoms with Gasteiger partial charge >= 0.3 is 0 Å². The van der Waals surface area contributed by atoms with Crippen LogP contribution in [0.1, 0.15) is 25.0 Å². The molecule has 0 bridgehead atoms. The molecule has 0 saturated heterocycles. The Balaban J connectivity index is 2.26. The quantitative estimate of drug-likeness (QED) is 0.784. The Hall–Kier alpha value is -1.51. The summed E-state index contributed by atoms with van der Waals surface area (Å²) in [5.41, 5.74) is 2.47. The van der Waals surface area contributed by atoms with Gasteiger partial charge in [-0.15, -0.1) is 0 Å². The molecule has 0 fully saturated rings. The van der Waals surface area contributed by atoms with Crippen LogP contribution in [0.2, 0.25) is 0 Å². The van der Waals surface area contributed by atoms with Gasteiger partial charge in [0.2, 0.25) is 5.91 Å². The summed E-state index contributed by atoms with van der Waals surface area (Å²) < 4.78 is 5.36. The Morgan fingerprint density at radius 1 is 1.41 bits per heavy atom. The lowest BCUT2D eigenvalue weighted by Crippen LogP contribution is -2.38. The van der Waals surface area contributed by atoms with Crippen molar-refractivity contribution >= 4 is 5.91 Å². The summed E-state index contributed by atoms with van der Waals surface area (Å²) in [6, 6.07) is 6.09. The molecule has 1 heterocycles. The zero-order valence-corrected chi connectivity index (χ0v) is 10.7. The van der Waals surface area contributed by atoms with Crippen molar-refractivity contribution in [2.45, 2.75) is 26.8 Å². The lowest BCUT2D eigenvalue weighted by molar-refractivity contribution is -0.135. The molecular weight excluding hydrogens is 214 g/mol. The fourth-order valence-electron chi connectivity index (χ4n) is 2.29. The zero-order chi connectivity index (χ0) is 12.4. The molecule has 1 amide bonds. The minimum Gasteiger partial charge on any atom is -0.496 e. The molecule has 0 aliphatic carbocycles. The topological polar surface area (TPSA) is 29.5 Å². The fourth-order valence-corrected chi connectivity index (χ4v) is 2.29. The van der Waals surface area contributed by atoms with E-state index in [2.05, 4.69) is 6.07 Å².